The van der Waals surface area contributed by atoms with Crippen molar-refractivity contribution < 1.29 is 4.79 Å². The predicted molar refractivity (Wildman–Crippen MR) is 110 cm³/mol. The number of rotatable bonds is 8. The van der Waals surface area contributed by atoms with Crippen LogP contribution < -0.4 is 15.8 Å². The van der Waals surface area contributed by atoms with Crippen LogP contribution >= 0.6 is 11.3 Å². The molecule has 0 saturated carbocycles. The fourth-order valence-corrected chi connectivity index (χ4v) is 3.76. The maximum Gasteiger partial charge on any atom is 0.272 e. The average Bonchev–Trinajstić information content (AvgIpc) is 3.17. The Morgan fingerprint density at radius 2 is 1.93 bits per heavy atom. The van der Waals surface area contributed by atoms with Gasteiger partial charge in [0.15, 0.2) is 0 Å². The third-order valence-electron chi connectivity index (χ3n) is 4.49. The number of aromatic nitrogens is 2. The van der Waals surface area contributed by atoms with Gasteiger partial charge in [-0.3, -0.25) is 14.2 Å². The van der Waals surface area contributed by atoms with Gasteiger partial charge in [0.05, 0.1) is 5.52 Å². The molecule has 0 aliphatic rings. The lowest BCUT2D eigenvalue weighted by atomic mass is 10.2. The van der Waals surface area contributed by atoms with Gasteiger partial charge in [-0.15, -0.1) is 11.3 Å². The van der Waals surface area contributed by atoms with E-state index in [1.165, 1.54) is 11.3 Å². The third kappa shape index (κ3) is 4.36. The third-order valence-corrected chi connectivity index (χ3v) is 5.38. The number of carbonyl (C=O) groups is 1. The van der Waals surface area contributed by atoms with Crippen LogP contribution in [0.4, 0.5) is 5.95 Å². The lowest BCUT2D eigenvalue weighted by Gasteiger charge is -2.23. The molecule has 0 aliphatic heterocycles. The number of benzene rings is 1. The first-order valence-corrected chi connectivity index (χ1v) is 10.1. The van der Waals surface area contributed by atoms with Gasteiger partial charge in [0.25, 0.3) is 5.56 Å². The summed E-state index contributed by atoms with van der Waals surface area (Å²) in [4.78, 5) is 31.9. The first-order chi connectivity index (χ1) is 13.1. The highest BCUT2D eigenvalue weighted by molar-refractivity contribution is 7.17. The first kappa shape index (κ1) is 19.1. The van der Waals surface area contributed by atoms with Crippen LogP contribution in [-0.2, 0) is 17.9 Å². The molecule has 1 amide bonds. The molecule has 2 aromatic heterocycles. The van der Waals surface area contributed by atoms with E-state index in [9.17, 15) is 9.59 Å². The fourth-order valence-electron chi connectivity index (χ4n) is 2.98. The highest BCUT2D eigenvalue weighted by atomic mass is 32.1. The second kappa shape index (κ2) is 8.81. The molecule has 3 rings (SSSR count). The summed E-state index contributed by atoms with van der Waals surface area (Å²) >= 11 is 1.39. The van der Waals surface area contributed by atoms with Crippen LogP contribution in [0.3, 0.4) is 0 Å². The minimum Gasteiger partial charge on any atom is -0.352 e. The molecule has 2 heterocycles. The van der Waals surface area contributed by atoms with Gasteiger partial charge in [0.1, 0.15) is 4.70 Å². The summed E-state index contributed by atoms with van der Waals surface area (Å²) in [6.07, 6.45) is 0.236. The quantitative estimate of drug-likeness (QED) is 0.648. The van der Waals surface area contributed by atoms with Gasteiger partial charge in [0, 0.05) is 32.6 Å². The summed E-state index contributed by atoms with van der Waals surface area (Å²) in [6.45, 7) is 6.36. The summed E-state index contributed by atoms with van der Waals surface area (Å²) in [6, 6.07) is 11.6. The minimum atomic E-state index is -0.0810. The molecule has 7 heteroatoms. The molecular weight excluding hydrogens is 360 g/mol. The number of hydrogen-bond donors (Lipinski definition) is 1. The Bertz CT molecular complexity index is 961. The number of nitrogens with one attached hydrogen (secondary N) is 1. The molecule has 0 bridgehead atoms. The van der Waals surface area contributed by atoms with E-state index < -0.39 is 0 Å². The Balaban J connectivity index is 1.76. The van der Waals surface area contributed by atoms with Crippen LogP contribution in [0.5, 0.6) is 0 Å². The molecular formula is C20H24N4O2S. The van der Waals surface area contributed by atoms with Crippen molar-refractivity contribution in [1.82, 2.24) is 14.9 Å². The van der Waals surface area contributed by atoms with Crippen LogP contribution in [0, 0.1) is 0 Å². The number of carbonyl (C=O) groups excluding carboxylic acids is 1. The number of thiophene rings is 1. The Hall–Kier alpha value is -2.67. The zero-order chi connectivity index (χ0) is 19.2. The van der Waals surface area contributed by atoms with Gasteiger partial charge in [-0.05, 0) is 30.9 Å². The number of hydrogen-bond acceptors (Lipinski definition) is 5. The van der Waals surface area contributed by atoms with E-state index >= 15 is 0 Å². The Morgan fingerprint density at radius 3 is 2.63 bits per heavy atom. The monoisotopic (exact) mass is 384 g/mol. The predicted octanol–water partition coefficient (Wildman–Crippen LogP) is 3.01. The zero-order valence-corrected chi connectivity index (χ0v) is 16.5. The van der Waals surface area contributed by atoms with Crippen molar-refractivity contribution in [3.05, 3.63) is 57.7 Å². The molecule has 0 saturated heterocycles. The van der Waals surface area contributed by atoms with Crippen LogP contribution in [0.2, 0.25) is 0 Å². The van der Waals surface area contributed by atoms with Crippen molar-refractivity contribution in [3.63, 3.8) is 0 Å². The smallest absolute Gasteiger partial charge is 0.272 e. The van der Waals surface area contributed by atoms with Crippen molar-refractivity contribution >= 4 is 33.4 Å². The van der Waals surface area contributed by atoms with Crippen LogP contribution in [0.25, 0.3) is 10.2 Å². The van der Waals surface area contributed by atoms with Gasteiger partial charge >= 0.3 is 0 Å². The molecule has 27 heavy (non-hydrogen) atoms. The van der Waals surface area contributed by atoms with Crippen LogP contribution in [-0.4, -0.2) is 28.5 Å². The van der Waals surface area contributed by atoms with Gasteiger partial charge in [0.2, 0.25) is 11.9 Å². The second-order valence-electron chi connectivity index (χ2n) is 6.19. The molecule has 3 aromatic rings. The Kier molecular flexibility index (Phi) is 6.24. The number of anilines is 1. The molecule has 0 unspecified atom stereocenters. The lowest BCUT2D eigenvalue weighted by Crippen LogP contribution is -2.34. The fraction of sp³-hybridized carbons (Fsp3) is 0.350. The van der Waals surface area contributed by atoms with Crippen molar-refractivity contribution in [1.29, 1.82) is 0 Å². The molecule has 0 atom stereocenters. The van der Waals surface area contributed by atoms with E-state index in [2.05, 4.69) is 10.3 Å². The highest BCUT2D eigenvalue weighted by Gasteiger charge is 2.16. The zero-order valence-electron chi connectivity index (χ0n) is 15.6. The summed E-state index contributed by atoms with van der Waals surface area (Å²) in [7, 11) is 0. The molecule has 1 aromatic carbocycles. The summed E-state index contributed by atoms with van der Waals surface area (Å²) in [5, 5.41) is 4.79. The molecule has 0 radical (unpaired) electrons. The first-order valence-electron chi connectivity index (χ1n) is 9.17. The molecule has 142 valence electrons. The minimum absolute atomic E-state index is 0.0761. The van der Waals surface area contributed by atoms with Gasteiger partial charge in [-0.1, -0.05) is 30.3 Å². The summed E-state index contributed by atoms with van der Waals surface area (Å²) in [5.41, 5.74) is 1.69. The summed E-state index contributed by atoms with van der Waals surface area (Å²) < 4.78 is 2.27. The number of nitrogens with zero attached hydrogens (tertiary/aromatic N) is 3. The molecule has 6 nitrogen and oxygen atoms in total. The Labute approximate surface area is 162 Å². The van der Waals surface area contributed by atoms with E-state index in [-0.39, 0.29) is 17.9 Å². The van der Waals surface area contributed by atoms with Crippen molar-refractivity contribution in [2.45, 2.75) is 33.4 Å². The van der Waals surface area contributed by atoms with E-state index in [4.69, 9.17) is 0 Å². The maximum atomic E-state index is 12.9. The Morgan fingerprint density at radius 1 is 1.19 bits per heavy atom. The number of fused-ring (bicyclic) bond motifs is 1. The molecule has 0 aliphatic carbocycles. The topological polar surface area (TPSA) is 67.2 Å². The van der Waals surface area contributed by atoms with Gasteiger partial charge < -0.3 is 10.2 Å². The van der Waals surface area contributed by atoms with E-state index in [0.717, 1.165) is 24.2 Å². The molecule has 0 spiro atoms. The van der Waals surface area contributed by atoms with Crippen molar-refractivity contribution in [2.75, 3.05) is 18.0 Å². The van der Waals surface area contributed by atoms with E-state index in [1.54, 1.807) is 4.57 Å². The summed E-state index contributed by atoms with van der Waals surface area (Å²) in [5.74, 6) is 0.550. The van der Waals surface area contributed by atoms with Crippen LogP contribution in [0.15, 0.2) is 46.6 Å². The second-order valence-corrected chi connectivity index (χ2v) is 7.10. The van der Waals surface area contributed by atoms with E-state index in [1.807, 2.05) is 60.5 Å². The van der Waals surface area contributed by atoms with E-state index in [0.29, 0.717) is 23.7 Å². The number of amides is 1. The van der Waals surface area contributed by atoms with Crippen molar-refractivity contribution in [3.8, 4) is 0 Å². The molecule has 1 N–H and O–H groups in total. The highest BCUT2D eigenvalue weighted by Crippen LogP contribution is 2.19. The van der Waals surface area contributed by atoms with Gasteiger partial charge in [-0.25, -0.2) is 4.98 Å². The van der Waals surface area contributed by atoms with Gasteiger partial charge in [-0.2, -0.15) is 0 Å². The normalized spacial score (nSPS) is 10.9. The maximum absolute atomic E-state index is 12.9. The standard InChI is InChI=1S/C20H24N4O2S/c1-3-23(4-2)20-22-16-11-13-27-18(16)19(26)24(20)12-10-17(25)21-14-15-8-6-5-7-9-15/h5-9,11,13H,3-4,10,12,14H2,1-2H3,(H,21,25). The lowest BCUT2D eigenvalue weighted by molar-refractivity contribution is -0.121. The largest absolute Gasteiger partial charge is 0.352 e. The van der Waals surface area contributed by atoms with Crippen LogP contribution in [0.1, 0.15) is 25.8 Å². The van der Waals surface area contributed by atoms with Crippen molar-refractivity contribution in [2.24, 2.45) is 0 Å². The SMILES string of the molecule is CCN(CC)c1nc2ccsc2c(=O)n1CCC(=O)NCc1ccccc1. The average molecular weight is 385 g/mol. The molecule has 0 fully saturated rings.